The molecule has 0 spiro atoms. The van der Waals surface area contributed by atoms with Gasteiger partial charge in [-0.1, -0.05) is 6.07 Å². The summed E-state index contributed by atoms with van der Waals surface area (Å²) in [6.45, 7) is 0.537. The summed E-state index contributed by atoms with van der Waals surface area (Å²) in [5.41, 5.74) is 7.05. The molecule has 0 radical (unpaired) electrons. The lowest BCUT2D eigenvalue weighted by atomic mass is 9.98. The van der Waals surface area contributed by atoms with E-state index in [0.717, 1.165) is 0 Å². The molecular formula is C21H24N2O8S. The van der Waals surface area contributed by atoms with Crippen molar-refractivity contribution < 1.29 is 37.4 Å². The normalized spacial score (nSPS) is 15.5. The van der Waals surface area contributed by atoms with E-state index in [1.54, 1.807) is 18.2 Å². The molecule has 0 aliphatic carbocycles. The molecule has 32 heavy (non-hydrogen) atoms. The number of rotatable bonds is 9. The maximum absolute atomic E-state index is 13.2. The van der Waals surface area contributed by atoms with Crippen molar-refractivity contribution in [1.82, 2.24) is 5.48 Å². The summed E-state index contributed by atoms with van der Waals surface area (Å²) in [5.74, 6) is -0.652. The van der Waals surface area contributed by atoms with E-state index in [9.17, 15) is 18.0 Å². The highest BCUT2D eigenvalue weighted by Gasteiger charge is 2.52. The Morgan fingerprint density at radius 3 is 2.25 bits per heavy atom. The second-order valence-corrected chi connectivity index (χ2v) is 9.37. The standard InChI is InChI=1S/C21H24N2O8S/c22-19(24)15-2-1-3-17(14-15)31-13-12-30-16-4-6-18(7-5-16)32(27,28)21(20(25)23-26)8-10-29-11-9-21/h1-7,14,26H,8-13H2,(H2,22,24)(H,23,25). The molecule has 2 aromatic carbocycles. The largest absolute Gasteiger partial charge is 0.490 e. The van der Waals surface area contributed by atoms with Gasteiger partial charge in [0.05, 0.1) is 4.90 Å². The smallest absolute Gasteiger partial charge is 0.265 e. The number of hydrogen-bond donors (Lipinski definition) is 3. The predicted molar refractivity (Wildman–Crippen MR) is 112 cm³/mol. The lowest BCUT2D eigenvalue weighted by Crippen LogP contribution is -2.54. The average molecular weight is 464 g/mol. The second kappa shape index (κ2) is 9.98. The van der Waals surface area contributed by atoms with Gasteiger partial charge in [-0.25, -0.2) is 13.9 Å². The van der Waals surface area contributed by atoms with Gasteiger partial charge in [-0.05, 0) is 55.3 Å². The molecule has 1 heterocycles. The Morgan fingerprint density at radius 2 is 1.66 bits per heavy atom. The number of benzene rings is 2. The van der Waals surface area contributed by atoms with E-state index in [0.29, 0.717) is 17.1 Å². The minimum atomic E-state index is -4.09. The van der Waals surface area contributed by atoms with Gasteiger partial charge in [0, 0.05) is 18.8 Å². The third kappa shape index (κ3) is 4.85. The molecule has 1 aliphatic rings. The SMILES string of the molecule is NC(=O)c1cccc(OCCOc2ccc(S(=O)(=O)C3(C(=O)NO)CCOCC3)cc2)c1. The van der Waals surface area contributed by atoms with E-state index in [1.807, 2.05) is 0 Å². The van der Waals surface area contributed by atoms with Gasteiger partial charge < -0.3 is 19.9 Å². The lowest BCUT2D eigenvalue weighted by Gasteiger charge is -2.34. The van der Waals surface area contributed by atoms with Crippen molar-refractivity contribution in [3.63, 3.8) is 0 Å². The van der Waals surface area contributed by atoms with Gasteiger partial charge in [-0.3, -0.25) is 14.8 Å². The number of nitrogens with two attached hydrogens (primary N) is 1. The third-order valence-corrected chi connectivity index (χ3v) is 7.72. The summed E-state index contributed by atoms with van der Waals surface area (Å²) in [7, 11) is -4.09. The summed E-state index contributed by atoms with van der Waals surface area (Å²) < 4.78 is 40.9. The zero-order valence-corrected chi connectivity index (χ0v) is 18.0. The number of nitrogens with one attached hydrogen (secondary N) is 1. The number of hydroxylamine groups is 1. The van der Waals surface area contributed by atoms with Crippen LogP contribution < -0.4 is 20.7 Å². The number of sulfone groups is 1. The van der Waals surface area contributed by atoms with E-state index in [1.165, 1.54) is 35.8 Å². The lowest BCUT2D eigenvalue weighted by molar-refractivity contribution is -0.134. The molecule has 1 aliphatic heterocycles. The van der Waals surface area contributed by atoms with Crippen LogP contribution in [0.25, 0.3) is 0 Å². The molecule has 0 unspecified atom stereocenters. The number of hydrogen-bond acceptors (Lipinski definition) is 8. The molecule has 172 valence electrons. The molecule has 11 heteroatoms. The topological polar surface area (TPSA) is 154 Å². The van der Waals surface area contributed by atoms with E-state index in [4.69, 9.17) is 25.2 Å². The highest BCUT2D eigenvalue weighted by Crippen LogP contribution is 2.35. The molecule has 0 atom stereocenters. The first-order valence-electron chi connectivity index (χ1n) is 9.82. The zero-order valence-electron chi connectivity index (χ0n) is 17.2. The van der Waals surface area contributed by atoms with Gasteiger partial charge in [0.15, 0.2) is 14.6 Å². The van der Waals surface area contributed by atoms with Crippen LogP contribution in [0.15, 0.2) is 53.4 Å². The van der Waals surface area contributed by atoms with Crippen LogP contribution in [0.1, 0.15) is 23.2 Å². The third-order valence-electron chi connectivity index (χ3n) is 5.20. The first-order chi connectivity index (χ1) is 15.3. The van der Waals surface area contributed by atoms with Crippen LogP contribution in [-0.4, -0.2) is 56.6 Å². The Hall–Kier alpha value is -3.15. The number of primary amides is 1. The van der Waals surface area contributed by atoms with Gasteiger partial charge in [0.1, 0.15) is 24.7 Å². The second-order valence-electron chi connectivity index (χ2n) is 7.11. The van der Waals surface area contributed by atoms with Crippen molar-refractivity contribution in [2.24, 2.45) is 5.73 Å². The number of ether oxygens (including phenoxy) is 3. The Labute approximate surface area is 185 Å². The fourth-order valence-electron chi connectivity index (χ4n) is 3.42. The number of carbonyl (C=O) groups is 2. The van der Waals surface area contributed by atoms with Crippen LogP contribution in [0.3, 0.4) is 0 Å². The monoisotopic (exact) mass is 464 g/mol. The number of amides is 2. The highest BCUT2D eigenvalue weighted by atomic mass is 32.2. The van der Waals surface area contributed by atoms with Crippen molar-refractivity contribution in [2.45, 2.75) is 22.5 Å². The Kier molecular flexibility index (Phi) is 7.33. The Balaban J connectivity index is 1.62. The van der Waals surface area contributed by atoms with Gasteiger partial charge in [-0.15, -0.1) is 0 Å². The summed E-state index contributed by atoms with van der Waals surface area (Å²) >= 11 is 0. The molecule has 1 fully saturated rings. The van der Waals surface area contributed by atoms with Crippen molar-refractivity contribution in [3.8, 4) is 11.5 Å². The summed E-state index contributed by atoms with van der Waals surface area (Å²) in [5, 5.41) is 9.09. The molecule has 0 aromatic heterocycles. The highest BCUT2D eigenvalue weighted by molar-refractivity contribution is 7.93. The first kappa shape index (κ1) is 23.5. The molecular weight excluding hydrogens is 440 g/mol. The van der Waals surface area contributed by atoms with Crippen LogP contribution in [-0.2, 0) is 19.4 Å². The molecule has 10 nitrogen and oxygen atoms in total. The quantitative estimate of drug-likeness (QED) is 0.283. The first-order valence-corrected chi connectivity index (χ1v) is 11.3. The summed E-state index contributed by atoms with van der Waals surface area (Å²) in [6, 6.07) is 12.1. The molecule has 1 saturated heterocycles. The van der Waals surface area contributed by atoms with Crippen LogP contribution in [0, 0.1) is 0 Å². The molecule has 4 N–H and O–H groups in total. The predicted octanol–water partition coefficient (Wildman–Crippen LogP) is 1.07. The Bertz CT molecular complexity index is 1060. The van der Waals surface area contributed by atoms with Crippen molar-refractivity contribution >= 4 is 21.7 Å². The van der Waals surface area contributed by atoms with E-state index in [2.05, 4.69) is 0 Å². The van der Waals surface area contributed by atoms with Crippen LogP contribution in [0.4, 0.5) is 0 Å². The molecule has 0 bridgehead atoms. The maximum atomic E-state index is 13.2. The fourth-order valence-corrected chi connectivity index (χ4v) is 5.36. The summed E-state index contributed by atoms with van der Waals surface area (Å²) in [4.78, 5) is 23.4. The Morgan fingerprint density at radius 1 is 1.03 bits per heavy atom. The maximum Gasteiger partial charge on any atom is 0.265 e. The fraction of sp³-hybridized carbons (Fsp3) is 0.333. The van der Waals surface area contributed by atoms with E-state index >= 15 is 0 Å². The van der Waals surface area contributed by atoms with Crippen LogP contribution in [0.5, 0.6) is 11.5 Å². The minimum absolute atomic E-state index is 0.0603. The van der Waals surface area contributed by atoms with E-state index < -0.39 is 26.4 Å². The van der Waals surface area contributed by atoms with Crippen LogP contribution >= 0.6 is 0 Å². The van der Waals surface area contributed by atoms with E-state index in [-0.39, 0.29) is 44.2 Å². The van der Waals surface area contributed by atoms with Gasteiger partial charge in [0.2, 0.25) is 5.91 Å². The van der Waals surface area contributed by atoms with Crippen LogP contribution in [0.2, 0.25) is 0 Å². The van der Waals surface area contributed by atoms with Gasteiger partial charge in [0.25, 0.3) is 5.91 Å². The molecule has 2 aromatic rings. The number of carbonyl (C=O) groups excluding carboxylic acids is 2. The molecule has 3 rings (SSSR count). The van der Waals surface area contributed by atoms with Crippen molar-refractivity contribution in [1.29, 1.82) is 0 Å². The minimum Gasteiger partial charge on any atom is -0.490 e. The summed E-state index contributed by atoms with van der Waals surface area (Å²) in [6.07, 6.45) is -0.122. The van der Waals surface area contributed by atoms with Crippen molar-refractivity contribution in [2.75, 3.05) is 26.4 Å². The zero-order chi connectivity index (χ0) is 23.2. The van der Waals surface area contributed by atoms with Crippen molar-refractivity contribution in [3.05, 3.63) is 54.1 Å². The van der Waals surface area contributed by atoms with Gasteiger partial charge >= 0.3 is 0 Å². The molecule has 2 amide bonds. The average Bonchev–Trinajstić information content (AvgIpc) is 2.82. The van der Waals surface area contributed by atoms with Gasteiger partial charge in [-0.2, -0.15) is 0 Å². The molecule has 0 saturated carbocycles.